The normalized spacial score (nSPS) is 10.4. The molecule has 0 bridgehead atoms. The standard InChI is InChI=1S/C27H23N3O2/c1-18-25(20-8-14-23(15-9-20)32-17-19-6-4-3-5-7-19)24(16-28)27(29)30-26(18)21-10-12-22(31-2)13-11-21/h3-15H,17H2,1-2H3,(H2,29,30). The predicted molar refractivity (Wildman–Crippen MR) is 126 cm³/mol. The maximum Gasteiger partial charge on any atom is 0.142 e. The van der Waals surface area contributed by atoms with Gasteiger partial charge in [0.15, 0.2) is 0 Å². The molecule has 158 valence electrons. The second kappa shape index (κ2) is 9.23. The minimum Gasteiger partial charge on any atom is -0.497 e. The van der Waals surface area contributed by atoms with Crippen molar-refractivity contribution in [1.82, 2.24) is 4.98 Å². The van der Waals surface area contributed by atoms with Crippen LogP contribution in [0.1, 0.15) is 16.7 Å². The first-order valence-corrected chi connectivity index (χ1v) is 10.2. The summed E-state index contributed by atoms with van der Waals surface area (Å²) >= 11 is 0. The monoisotopic (exact) mass is 421 g/mol. The summed E-state index contributed by atoms with van der Waals surface area (Å²) in [6.07, 6.45) is 0. The van der Waals surface area contributed by atoms with E-state index in [0.717, 1.165) is 45.0 Å². The molecule has 0 aliphatic heterocycles. The number of aromatic nitrogens is 1. The molecule has 0 radical (unpaired) electrons. The number of nitriles is 1. The molecule has 0 fully saturated rings. The molecule has 4 rings (SSSR count). The summed E-state index contributed by atoms with van der Waals surface area (Å²) in [5.74, 6) is 1.73. The Bertz CT molecular complexity index is 1260. The molecule has 1 aromatic heterocycles. The molecule has 0 amide bonds. The van der Waals surface area contributed by atoms with Gasteiger partial charge in [0, 0.05) is 11.1 Å². The number of nitrogen functional groups attached to an aromatic ring is 1. The lowest BCUT2D eigenvalue weighted by atomic mass is 9.93. The Morgan fingerprint density at radius 1 is 0.875 bits per heavy atom. The highest BCUT2D eigenvalue weighted by atomic mass is 16.5. The first kappa shape index (κ1) is 21.0. The van der Waals surface area contributed by atoms with Gasteiger partial charge >= 0.3 is 0 Å². The average molecular weight is 422 g/mol. The Labute approximate surface area is 187 Å². The first-order chi connectivity index (χ1) is 15.6. The minimum atomic E-state index is 0.211. The summed E-state index contributed by atoms with van der Waals surface area (Å²) in [5, 5.41) is 9.77. The van der Waals surface area contributed by atoms with Gasteiger partial charge in [-0.15, -0.1) is 0 Å². The van der Waals surface area contributed by atoms with Crippen LogP contribution in [0, 0.1) is 18.3 Å². The van der Waals surface area contributed by atoms with E-state index in [1.165, 1.54) is 0 Å². The fourth-order valence-corrected chi connectivity index (χ4v) is 3.66. The quantitative estimate of drug-likeness (QED) is 0.428. The van der Waals surface area contributed by atoms with Gasteiger partial charge in [-0.25, -0.2) is 4.98 Å². The smallest absolute Gasteiger partial charge is 0.142 e. The number of nitrogens with two attached hydrogens (primary N) is 1. The topological polar surface area (TPSA) is 81.2 Å². The van der Waals surface area contributed by atoms with Crippen LogP contribution >= 0.6 is 0 Å². The lowest BCUT2D eigenvalue weighted by Gasteiger charge is -2.16. The third kappa shape index (κ3) is 4.26. The average Bonchev–Trinajstić information content (AvgIpc) is 2.85. The maximum absolute atomic E-state index is 9.77. The number of pyridine rings is 1. The Kier molecular flexibility index (Phi) is 6.05. The van der Waals surface area contributed by atoms with Crippen molar-refractivity contribution in [2.75, 3.05) is 12.8 Å². The molecule has 5 nitrogen and oxygen atoms in total. The summed E-state index contributed by atoms with van der Waals surface area (Å²) in [4.78, 5) is 4.53. The molecular weight excluding hydrogens is 398 g/mol. The van der Waals surface area contributed by atoms with Gasteiger partial charge in [0.05, 0.1) is 12.8 Å². The third-order valence-corrected chi connectivity index (χ3v) is 5.34. The van der Waals surface area contributed by atoms with Gasteiger partial charge in [-0.1, -0.05) is 42.5 Å². The maximum atomic E-state index is 9.77. The molecule has 0 aliphatic carbocycles. The zero-order valence-electron chi connectivity index (χ0n) is 18.0. The summed E-state index contributed by atoms with van der Waals surface area (Å²) < 4.78 is 11.1. The molecule has 0 spiro atoms. The molecule has 2 N–H and O–H groups in total. The number of ether oxygens (including phenoxy) is 2. The fourth-order valence-electron chi connectivity index (χ4n) is 3.66. The SMILES string of the molecule is COc1ccc(-c2nc(N)c(C#N)c(-c3ccc(OCc4ccccc4)cc3)c2C)cc1. The van der Waals surface area contributed by atoms with Gasteiger partial charge < -0.3 is 15.2 Å². The minimum absolute atomic E-state index is 0.211. The Hall–Kier alpha value is -4.30. The number of nitrogens with zero attached hydrogens (tertiary/aromatic N) is 2. The summed E-state index contributed by atoms with van der Waals surface area (Å²) in [7, 11) is 1.63. The highest BCUT2D eigenvalue weighted by Crippen LogP contribution is 2.36. The summed E-state index contributed by atoms with van der Waals surface area (Å²) in [6, 6.07) is 27.6. The number of benzene rings is 3. The number of hydrogen-bond acceptors (Lipinski definition) is 5. The largest absolute Gasteiger partial charge is 0.497 e. The van der Waals surface area contributed by atoms with E-state index in [1.807, 2.05) is 85.8 Å². The predicted octanol–water partition coefficient (Wildman–Crippen LogP) is 5.77. The van der Waals surface area contributed by atoms with Gasteiger partial charge in [0.1, 0.15) is 35.6 Å². The number of methoxy groups -OCH3 is 1. The highest BCUT2D eigenvalue weighted by molar-refractivity contribution is 5.84. The first-order valence-electron chi connectivity index (χ1n) is 10.2. The lowest BCUT2D eigenvalue weighted by molar-refractivity contribution is 0.306. The van der Waals surface area contributed by atoms with E-state index >= 15 is 0 Å². The van der Waals surface area contributed by atoms with Crippen LogP contribution in [0.2, 0.25) is 0 Å². The molecule has 0 saturated heterocycles. The van der Waals surface area contributed by atoms with Crippen LogP contribution in [0.15, 0.2) is 78.9 Å². The van der Waals surface area contributed by atoms with Crippen LogP contribution in [0.25, 0.3) is 22.4 Å². The third-order valence-electron chi connectivity index (χ3n) is 5.34. The van der Waals surface area contributed by atoms with E-state index in [0.29, 0.717) is 12.2 Å². The van der Waals surface area contributed by atoms with E-state index in [-0.39, 0.29) is 5.82 Å². The van der Waals surface area contributed by atoms with Crippen molar-refractivity contribution in [1.29, 1.82) is 5.26 Å². The second-order valence-corrected chi connectivity index (χ2v) is 7.36. The van der Waals surface area contributed by atoms with Crippen LogP contribution in [-0.2, 0) is 6.61 Å². The second-order valence-electron chi connectivity index (χ2n) is 7.36. The van der Waals surface area contributed by atoms with Crippen molar-refractivity contribution in [3.8, 4) is 40.0 Å². The van der Waals surface area contributed by atoms with Gasteiger partial charge in [-0.3, -0.25) is 0 Å². The molecule has 0 atom stereocenters. The lowest BCUT2D eigenvalue weighted by Crippen LogP contribution is -2.03. The van der Waals surface area contributed by atoms with E-state index in [2.05, 4.69) is 11.1 Å². The molecule has 4 aromatic rings. The highest BCUT2D eigenvalue weighted by Gasteiger charge is 2.18. The molecule has 5 heteroatoms. The van der Waals surface area contributed by atoms with Gasteiger partial charge in [-0.2, -0.15) is 5.26 Å². The van der Waals surface area contributed by atoms with Crippen molar-refractivity contribution < 1.29 is 9.47 Å². The molecular formula is C27H23N3O2. The van der Waals surface area contributed by atoms with Gasteiger partial charge in [-0.05, 0) is 60.0 Å². The number of rotatable bonds is 6. The summed E-state index contributed by atoms with van der Waals surface area (Å²) in [5.41, 5.74) is 11.9. The van der Waals surface area contributed by atoms with Crippen molar-refractivity contribution in [3.05, 3.63) is 95.6 Å². The van der Waals surface area contributed by atoms with Crippen molar-refractivity contribution in [2.24, 2.45) is 0 Å². The van der Waals surface area contributed by atoms with Crippen LogP contribution in [0.5, 0.6) is 11.5 Å². The van der Waals surface area contributed by atoms with Crippen LogP contribution in [0.3, 0.4) is 0 Å². The van der Waals surface area contributed by atoms with E-state index in [9.17, 15) is 5.26 Å². The Morgan fingerprint density at radius 2 is 1.50 bits per heavy atom. The Morgan fingerprint density at radius 3 is 2.12 bits per heavy atom. The van der Waals surface area contributed by atoms with E-state index < -0.39 is 0 Å². The molecule has 0 aliphatic rings. The van der Waals surface area contributed by atoms with Crippen molar-refractivity contribution >= 4 is 5.82 Å². The molecule has 1 heterocycles. The molecule has 0 saturated carbocycles. The van der Waals surface area contributed by atoms with E-state index in [1.54, 1.807) is 7.11 Å². The van der Waals surface area contributed by atoms with E-state index in [4.69, 9.17) is 15.2 Å². The van der Waals surface area contributed by atoms with Crippen molar-refractivity contribution in [2.45, 2.75) is 13.5 Å². The number of anilines is 1. The van der Waals surface area contributed by atoms with Crippen molar-refractivity contribution in [3.63, 3.8) is 0 Å². The molecule has 3 aromatic carbocycles. The van der Waals surface area contributed by atoms with Crippen LogP contribution < -0.4 is 15.2 Å². The molecule has 32 heavy (non-hydrogen) atoms. The fraction of sp³-hybridized carbons (Fsp3) is 0.111. The van der Waals surface area contributed by atoms with Crippen LogP contribution in [0.4, 0.5) is 5.82 Å². The molecule has 0 unspecified atom stereocenters. The zero-order valence-corrected chi connectivity index (χ0v) is 18.0. The summed E-state index contributed by atoms with van der Waals surface area (Å²) in [6.45, 7) is 2.45. The Balaban J connectivity index is 1.69. The van der Waals surface area contributed by atoms with Gasteiger partial charge in [0.2, 0.25) is 0 Å². The zero-order chi connectivity index (χ0) is 22.5. The van der Waals surface area contributed by atoms with Crippen LogP contribution in [-0.4, -0.2) is 12.1 Å². The van der Waals surface area contributed by atoms with Gasteiger partial charge in [0.25, 0.3) is 0 Å². The number of hydrogen-bond donors (Lipinski definition) is 1.